The van der Waals surface area contributed by atoms with Crippen LogP contribution in [-0.4, -0.2) is 25.0 Å². The molecule has 0 saturated heterocycles. The third-order valence-corrected chi connectivity index (χ3v) is 5.14. The van der Waals surface area contributed by atoms with Crippen LogP contribution in [0.2, 0.25) is 0 Å². The molecule has 2 aromatic rings. The van der Waals surface area contributed by atoms with E-state index in [2.05, 4.69) is 54.5 Å². The highest BCUT2D eigenvalue weighted by Gasteiger charge is 2.12. The molecule has 6 nitrogen and oxygen atoms in total. The molecule has 0 unspecified atom stereocenters. The predicted molar refractivity (Wildman–Crippen MR) is 125 cm³/mol. The molecule has 2 amide bonds. The van der Waals surface area contributed by atoms with Crippen LogP contribution in [0.3, 0.4) is 0 Å². The molecule has 7 heteroatoms. The fourth-order valence-corrected chi connectivity index (χ4v) is 3.03. The number of hydrogen-bond acceptors (Lipinski definition) is 4. The minimum Gasteiger partial charge on any atom is -0.494 e. The highest BCUT2D eigenvalue weighted by atomic mass is 79.9. The molecule has 2 aromatic carbocycles. The first-order valence-electron chi connectivity index (χ1n) is 10.5. The highest BCUT2D eigenvalue weighted by molar-refractivity contribution is 9.10. The van der Waals surface area contributed by atoms with E-state index < -0.39 is 11.8 Å². The molecule has 0 heterocycles. The van der Waals surface area contributed by atoms with E-state index in [9.17, 15) is 9.59 Å². The van der Waals surface area contributed by atoms with Gasteiger partial charge in [-0.2, -0.15) is 0 Å². The Morgan fingerprint density at radius 1 is 0.806 bits per heavy atom. The molecule has 0 saturated carbocycles. The second-order valence-corrected chi connectivity index (χ2v) is 8.99. The second-order valence-electron chi connectivity index (χ2n) is 8.14. The standard InChI is InChI=1S/C24H31BrN2O4/c1-16(2)11-13-30-20-8-5-18(6-9-20)23(28)26-27-24(29)19-7-10-22(21(25)15-19)31-14-12-17(3)4/h5-10,15-17H,11-14H2,1-4H3,(H,26,28)(H,27,29). The summed E-state index contributed by atoms with van der Waals surface area (Å²) < 4.78 is 12.1. The van der Waals surface area contributed by atoms with E-state index in [-0.39, 0.29) is 0 Å². The van der Waals surface area contributed by atoms with E-state index in [4.69, 9.17) is 9.47 Å². The summed E-state index contributed by atoms with van der Waals surface area (Å²) in [7, 11) is 0. The summed E-state index contributed by atoms with van der Waals surface area (Å²) in [6.45, 7) is 9.79. The minimum atomic E-state index is -0.420. The Bertz CT molecular complexity index is 866. The molecule has 2 rings (SSSR count). The van der Waals surface area contributed by atoms with Crippen molar-refractivity contribution in [3.8, 4) is 11.5 Å². The molecule has 0 fully saturated rings. The Labute approximate surface area is 192 Å². The number of carbonyl (C=O) groups excluding carboxylic acids is 2. The van der Waals surface area contributed by atoms with Crippen molar-refractivity contribution in [1.29, 1.82) is 0 Å². The lowest BCUT2D eigenvalue weighted by Gasteiger charge is -2.12. The van der Waals surface area contributed by atoms with Crippen molar-refractivity contribution >= 4 is 27.7 Å². The number of hydrogen-bond donors (Lipinski definition) is 2. The van der Waals surface area contributed by atoms with Gasteiger partial charge in [-0.15, -0.1) is 0 Å². The molecular formula is C24H31BrN2O4. The van der Waals surface area contributed by atoms with Crippen molar-refractivity contribution in [2.45, 2.75) is 40.5 Å². The van der Waals surface area contributed by atoms with Crippen LogP contribution in [0.4, 0.5) is 0 Å². The zero-order valence-electron chi connectivity index (χ0n) is 18.5. The largest absolute Gasteiger partial charge is 0.494 e. The number of halogens is 1. The molecule has 0 aliphatic rings. The summed E-state index contributed by atoms with van der Waals surface area (Å²) in [6.07, 6.45) is 1.92. The topological polar surface area (TPSA) is 76.7 Å². The molecule has 0 aromatic heterocycles. The van der Waals surface area contributed by atoms with E-state index in [1.165, 1.54) is 0 Å². The van der Waals surface area contributed by atoms with Crippen molar-refractivity contribution in [1.82, 2.24) is 10.9 Å². The second kappa shape index (κ2) is 12.3. The van der Waals surface area contributed by atoms with Crippen LogP contribution in [0, 0.1) is 11.8 Å². The monoisotopic (exact) mass is 490 g/mol. The fourth-order valence-electron chi connectivity index (χ4n) is 2.54. The van der Waals surface area contributed by atoms with Gasteiger partial charge in [0, 0.05) is 11.1 Å². The van der Waals surface area contributed by atoms with Gasteiger partial charge in [-0.3, -0.25) is 20.4 Å². The van der Waals surface area contributed by atoms with Gasteiger partial charge in [0.05, 0.1) is 17.7 Å². The fraction of sp³-hybridized carbons (Fsp3) is 0.417. The summed E-state index contributed by atoms with van der Waals surface area (Å²) in [5.74, 6) is 1.69. The zero-order chi connectivity index (χ0) is 22.8. The summed E-state index contributed by atoms with van der Waals surface area (Å²) in [5.41, 5.74) is 5.68. The predicted octanol–water partition coefficient (Wildman–Crippen LogP) is 5.37. The third kappa shape index (κ3) is 8.61. The first-order valence-corrected chi connectivity index (χ1v) is 11.3. The van der Waals surface area contributed by atoms with E-state index in [0.29, 0.717) is 52.1 Å². The molecule has 0 spiro atoms. The molecule has 31 heavy (non-hydrogen) atoms. The summed E-state index contributed by atoms with van der Waals surface area (Å²) in [6, 6.07) is 11.9. The smallest absolute Gasteiger partial charge is 0.269 e. The van der Waals surface area contributed by atoms with Crippen molar-refractivity contribution in [3.05, 3.63) is 58.1 Å². The number of nitrogens with one attached hydrogen (secondary N) is 2. The number of benzene rings is 2. The van der Waals surface area contributed by atoms with E-state index in [1.54, 1.807) is 42.5 Å². The summed E-state index contributed by atoms with van der Waals surface area (Å²) in [5, 5.41) is 0. The van der Waals surface area contributed by atoms with Crippen LogP contribution in [0.15, 0.2) is 46.9 Å². The van der Waals surface area contributed by atoms with Gasteiger partial charge < -0.3 is 9.47 Å². The number of hydrazine groups is 1. The van der Waals surface area contributed by atoms with Crippen LogP contribution in [-0.2, 0) is 0 Å². The molecule has 0 radical (unpaired) electrons. The summed E-state index contributed by atoms with van der Waals surface area (Å²) in [4.78, 5) is 24.7. The number of amides is 2. The third-order valence-electron chi connectivity index (χ3n) is 4.52. The van der Waals surface area contributed by atoms with Gasteiger partial charge >= 0.3 is 0 Å². The first kappa shape index (κ1) is 24.7. The lowest BCUT2D eigenvalue weighted by Crippen LogP contribution is -2.41. The highest BCUT2D eigenvalue weighted by Crippen LogP contribution is 2.26. The van der Waals surface area contributed by atoms with Gasteiger partial charge in [-0.25, -0.2) is 0 Å². The van der Waals surface area contributed by atoms with Crippen molar-refractivity contribution in [3.63, 3.8) is 0 Å². The Balaban J connectivity index is 1.84. The van der Waals surface area contributed by atoms with Gasteiger partial charge in [0.1, 0.15) is 11.5 Å². The Hall–Kier alpha value is -2.54. The van der Waals surface area contributed by atoms with E-state index >= 15 is 0 Å². The van der Waals surface area contributed by atoms with Crippen LogP contribution in [0.25, 0.3) is 0 Å². The van der Waals surface area contributed by atoms with Gasteiger partial charge in [0.15, 0.2) is 0 Å². The zero-order valence-corrected chi connectivity index (χ0v) is 20.1. The molecular weight excluding hydrogens is 460 g/mol. The molecule has 0 aliphatic heterocycles. The van der Waals surface area contributed by atoms with Crippen molar-refractivity contribution < 1.29 is 19.1 Å². The van der Waals surface area contributed by atoms with Crippen molar-refractivity contribution in [2.75, 3.05) is 13.2 Å². The average molecular weight is 491 g/mol. The van der Waals surface area contributed by atoms with E-state index in [1.807, 2.05) is 0 Å². The maximum absolute atomic E-state index is 12.4. The number of ether oxygens (including phenoxy) is 2. The van der Waals surface area contributed by atoms with Crippen LogP contribution in [0.1, 0.15) is 61.3 Å². The maximum atomic E-state index is 12.4. The Morgan fingerprint density at radius 3 is 1.87 bits per heavy atom. The SMILES string of the molecule is CC(C)CCOc1ccc(C(=O)NNC(=O)c2ccc(OCCC(C)C)c(Br)c2)cc1. The van der Waals surface area contributed by atoms with Crippen LogP contribution in [0.5, 0.6) is 11.5 Å². The normalized spacial score (nSPS) is 10.8. The maximum Gasteiger partial charge on any atom is 0.269 e. The first-order chi connectivity index (χ1) is 14.8. The molecule has 2 N–H and O–H groups in total. The van der Waals surface area contributed by atoms with Crippen LogP contribution >= 0.6 is 15.9 Å². The molecule has 0 aliphatic carbocycles. The van der Waals surface area contributed by atoms with Gasteiger partial charge in [-0.1, -0.05) is 27.7 Å². The Morgan fingerprint density at radius 2 is 1.32 bits per heavy atom. The minimum absolute atomic E-state index is 0.400. The molecule has 168 valence electrons. The summed E-state index contributed by atoms with van der Waals surface area (Å²) >= 11 is 3.43. The lowest BCUT2D eigenvalue weighted by molar-refractivity contribution is 0.0846. The quantitative estimate of drug-likeness (QED) is 0.438. The number of carbonyl (C=O) groups is 2. The van der Waals surface area contributed by atoms with Gasteiger partial charge in [0.25, 0.3) is 11.8 Å². The van der Waals surface area contributed by atoms with Gasteiger partial charge in [-0.05, 0) is 83.1 Å². The molecule has 0 atom stereocenters. The number of rotatable bonds is 10. The average Bonchev–Trinajstić information content (AvgIpc) is 2.73. The van der Waals surface area contributed by atoms with Crippen LogP contribution < -0.4 is 20.3 Å². The van der Waals surface area contributed by atoms with Gasteiger partial charge in [0.2, 0.25) is 0 Å². The Kier molecular flexibility index (Phi) is 9.85. The van der Waals surface area contributed by atoms with Crippen molar-refractivity contribution in [2.24, 2.45) is 11.8 Å². The van der Waals surface area contributed by atoms with E-state index in [0.717, 1.165) is 12.8 Å². The molecule has 0 bridgehead atoms. The lowest BCUT2D eigenvalue weighted by atomic mass is 10.1.